The molecule has 2 heterocycles. The SMILES string of the molecule is N#CC1CN(C[C@@H]2Cc3ccccc3C=N2)C1. The zero-order valence-electron chi connectivity index (χ0n) is 9.71. The highest BCUT2D eigenvalue weighted by atomic mass is 15.2. The molecule has 1 saturated heterocycles. The maximum atomic E-state index is 8.73. The van der Waals surface area contributed by atoms with Crippen LogP contribution in [0, 0.1) is 17.2 Å². The van der Waals surface area contributed by atoms with E-state index in [9.17, 15) is 0 Å². The summed E-state index contributed by atoms with van der Waals surface area (Å²) in [6.07, 6.45) is 3.02. The predicted octanol–water partition coefficient (Wildman–Crippen LogP) is 1.49. The number of benzene rings is 1. The Balaban J connectivity index is 1.60. The summed E-state index contributed by atoms with van der Waals surface area (Å²) in [5, 5.41) is 8.73. The van der Waals surface area contributed by atoms with Gasteiger partial charge in [-0.25, -0.2) is 0 Å². The van der Waals surface area contributed by atoms with E-state index in [1.165, 1.54) is 11.1 Å². The lowest BCUT2D eigenvalue weighted by molar-refractivity contribution is 0.127. The first kappa shape index (κ1) is 10.5. The monoisotopic (exact) mass is 225 g/mol. The topological polar surface area (TPSA) is 39.4 Å². The van der Waals surface area contributed by atoms with Gasteiger partial charge >= 0.3 is 0 Å². The van der Waals surface area contributed by atoms with Gasteiger partial charge in [-0.15, -0.1) is 0 Å². The largest absolute Gasteiger partial charge is 0.298 e. The average Bonchev–Trinajstić information content (AvgIpc) is 2.33. The van der Waals surface area contributed by atoms with Crippen molar-refractivity contribution < 1.29 is 0 Å². The third-order valence-electron chi connectivity index (χ3n) is 3.54. The van der Waals surface area contributed by atoms with Crippen LogP contribution in [0.25, 0.3) is 0 Å². The molecule has 2 aliphatic heterocycles. The van der Waals surface area contributed by atoms with Crippen molar-refractivity contribution in [3.8, 4) is 6.07 Å². The lowest BCUT2D eigenvalue weighted by Gasteiger charge is -2.37. The van der Waals surface area contributed by atoms with Crippen LogP contribution in [0.5, 0.6) is 0 Å². The molecule has 0 bridgehead atoms. The van der Waals surface area contributed by atoms with Crippen LogP contribution in [0.3, 0.4) is 0 Å². The molecule has 86 valence electrons. The summed E-state index contributed by atoms with van der Waals surface area (Å²) in [7, 11) is 0. The maximum Gasteiger partial charge on any atom is 0.0717 e. The molecule has 1 aromatic carbocycles. The number of likely N-dealkylation sites (tertiary alicyclic amines) is 1. The molecule has 0 spiro atoms. The zero-order valence-corrected chi connectivity index (χ0v) is 9.71. The summed E-state index contributed by atoms with van der Waals surface area (Å²) in [6, 6.07) is 11.1. The standard InChI is InChI=1S/C14H15N3/c15-6-11-8-17(9-11)10-14-5-12-3-1-2-4-13(12)7-16-14/h1-4,7,11,14H,5,8-10H2/t14-/m0/s1. The Morgan fingerprint density at radius 1 is 1.35 bits per heavy atom. The lowest BCUT2D eigenvalue weighted by atomic mass is 9.95. The number of hydrogen-bond acceptors (Lipinski definition) is 3. The van der Waals surface area contributed by atoms with Crippen LogP contribution in [0.2, 0.25) is 0 Å². The van der Waals surface area contributed by atoms with E-state index in [4.69, 9.17) is 5.26 Å². The number of aliphatic imine (C=N–C) groups is 1. The van der Waals surface area contributed by atoms with E-state index in [0.717, 1.165) is 26.1 Å². The normalized spacial score (nSPS) is 23.8. The van der Waals surface area contributed by atoms with Crippen LogP contribution in [0.15, 0.2) is 29.3 Å². The summed E-state index contributed by atoms with van der Waals surface area (Å²) in [5.74, 6) is 0.245. The van der Waals surface area contributed by atoms with Gasteiger partial charge in [0.1, 0.15) is 0 Å². The van der Waals surface area contributed by atoms with Crippen LogP contribution in [0.1, 0.15) is 11.1 Å². The summed E-state index contributed by atoms with van der Waals surface area (Å²) in [5.41, 5.74) is 2.65. The molecule has 0 aromatic heterocycles. The van der Waals surface area contributed by atoms with E-state index in [1.54, 1.807) is 0 Å². The Bertz CT molecular complexity index is 480. The quantitative estimate of drug-likeness (QED) is 0.765. The number of hydrogen-bond donors (Lipinski definition) is 0. The van der Waals surface area contributed by atoms with Crippen molar-refractivity contribution in [3.05, 3.63) is 35.4 Å². The summed E-state index contributed by atoms with van der Waals surface area (Å²) in [6.45, 7) is 2.83. The van der Waals surface area contributed by atoms with Crippen molar-refractivity contribution >= 4 is 6.21 Å². The van der Waals surface area contributed by atoms with Gasteiger partial charge in [-0.05, 0) is 17.5 Å². The Labute approximate surface area is 101 Å². The third-order valence-corrected chi connectivity index (χ3v) is 3.54. The van der Waals surface area contributed by atoms with E-state index in [1.807, 2.05) is 6.21 Å². The first-order valence-corrected chi connectivity index (χ1v) is 6.08. The van der Waals surface area contributed by atoms with Crippen LogP contribution in [0.4, 0.5) is 0 Å². The fourth-order valence-corrected chi connectivity index (χ4v) is 2.55. The fourth-order valence-electron chi connectivity index (χ4n) is 2.55. The molecule has 3 heteroatoms. The van der Waals surface area contributed by atoms with Gasteiger partial charge in [0.15, 0.2) is 0 Å². The highest BCUT2D eigenvalue weighted by Crippen LogP contribution is 2.20. The molecule has 0 amide bonds. The van der Waals surface area contributed by atoms with E-state index in [2.05, 4.69) is 40.2 Å². The van der Waals surface area contributed by atoms with Crippen molar-refractivity contribution in [3.63, 3.8) is 0 Å². The molecule has 3 rings (SSSR count). The molecule has 0 N–H and O–H groups in total. The highest BCUT2D eigenvalue weighted by Gasteiger charge is 2.28. The molecule has 0 radical (unpaired) electrons. The van der Waals surface area contributed by atoms with Gasteiger partial charge < -0.3 is 0 Å². The number of fused-ring (bicyclic) bond motifs is 1. The summed E-state index contributed by atoms with van der Waals surface area (Å²) in [4.78, 5) is 6.92. The Morgan fingerprint density at radius 3 is 3.00 bits per heavy atom. The molecule has 2 aliphatic rings. The average molecular weight is 225 g/mol. The van der Waals surface area contributed by atoms with Crippen molar-refractivity contribution in [1.29, 1.82) is 5.26 Å². The van der Waals surface area contributed by atoms with E-state index in [0.29, 0.717) is 6.04 Å². The minimum Gasteiger partial charge on any atom is -0.298 e. The molecule has 0 unspecified atom stereocenters. The van der Waals surface area contributed by atoms with Gasteiger partial charge in [0.2, 0.25) is 0 Å². The number of nitriles is 1. The highest BCUT2D eigenvalue weighted by molar-refractivity contribution is 5.83. The minimum absolute atomic E-state index is 0.245. The van der Waals surface area contributed by atoms with Crippen LogP contribution in [-0.4, -0.2) is 36.8 Å². The third kappa shape index (κ3) is 2.09. The van der Waals surface area contributed by atoms with Gasteiger partial charge in [-0.2, -0.15) is 5.26 Å². The predicted molar refractivity (Wildman–Crippen MR) is 67.1 cm³/mol. The molecule has 17 heavy (non-hydrogen) atoms. The molecule has 0 aliphatic carbocycles. The molecule has 3 nitrogen and oxygen atoms in total. The van der Waals surface area contributed by atoms with Crippen molar-refractivity contribution in [2.24, 2.45) is 10.9 Å². The second-order valence-corrected chi connectivity index (χ2v) is 4.88. The number of nitrogens with zero attached hydrogens (tertiary/aromatic N) is 3. The summed E-state index contributed by atoms with van der Waals surface area (Å²) >= 11 is 0. The van der Waals surface area contributed by atoms with Crippen molar-refractivity contribution in [2.45, 2.75) is 12.5 Å². The lowest BCUT2D eigenvalue weighted by Crippen LogP contribution is -2.49. The Hall–Kier alpha value is -1.66. The molecule has 1 atom stereocenters. The number of rotatable bonds is 2. The van der Waals surface area contributed by atoms with Crippen molar-refractivity contribution in [2.75, 3.05) is 19.6 Å². The fraction of sp³-hybridized carbons (Fsp3) is 0.429. The minimum atomic E-state index is 0.245. The molecule has 1 fully saturated rings. The van der Waals surface area contributed by atoms with Gasteiger partial charge in [-0.3, -0.25) is 9.89 Å². The molecule has 1 aromatic rings. The van der Waals surface area contributed by atoms with E-state index < -0.39 is 0 Å². The Morgan fingerprint density at radius 2 is 2.18 bits per heavy atom. The van der Waals surface area contributed by atoms with E-state index >= 15 is 0 Å². The summed E-state index contributed by atoms with van der Waals surface area (Å²) < 4.78 is 0. The molecular weight excluding hydrogens is 210 g/mol. The van der Waals surface area contributed by atoms with Gasteiger partial charge in [0.25, 0.3) is 0 Å². The van der Waals surface area contributed by atoms with Gasteiger partial charge in [-0.1, -0.05) is 24.3 Å². The second-order valence-electron chi connectivity index (χ2n) is 4.88. The Kier molecular flexibility index (Phi) is 2.66. The van der Waals surface area contributed by atoms with E-state index in [-0.39, 0.29) is 5.92 Å². The van der Waals surface area contributed by atoms with Gasteiger partial charge in [0.05, 0.1) is 18.0 Å². The maximum absolute atomic E-state index is 8.73. The first-order valence-electron chi connectivity index (χ1n) is 6.08. The first-order chi connectivity index (χ1) is 8.35. The smallest absolute Gasteiger partial charge is 0.0717 e. The van der Waals surface area contributed by atoms with Crippen molar-refractivity contribution in [1.82, 2.24) is 4.90 Å². The molecule has 0 saturated carbocycles. The van der Waals surface area contributed by atoms with Gasteiger partial charge in [0, 0.05) is 25.8 Å². The van der Waals surface area contributed by atoms with Crippen LogP contribution in [-0.2, 0) is 6.42 Å². The van der Waals surface area contributed by atoms with Crippen LogP contribution >= 0.6 is 0 Å². The van der Waals surface area contributed by atoms with Crippen LogP contribution < -0.4 is 0 Å². The molecular formula is C14H15N3. The second kappa shape index (κ2) is 4.31. The zero-order chi connectivity index (χ0) is 11.7.